The molecule has 1 saturated heterocycles. The van der Waals surface area contributed by atoms with Crippen molar-refractivity contribution in [3.05, 3.63) is 63.8 Å². The summed E-state index contributed by atoms with van der Waals surface area (Å²) in [4.78, 5) is 44.0. The van der Waals surface area contributed by atoms with Gasteiger partial charge in [-0.15, -0.1) is 22.7 Å². The number of aromatic nitrogens is 1. The Bertz CT molecular complexity index is 1040. The van der Waals surface area contributed by atoms with E-state index >= 15 is 0 Å². The first kappa shape index (κ1) is 21.2. The van der Waals surface area contributed by atoms with E-state index in [4.69, 9.17) is 0 Å². The number of piperidine rings is 1. The summed E-state index contributed by atoms with van der Waals surface area (Å²) in [7, 11) is 0. The van der Waals surface area contributed by atoms with Gasteiger partial charge in [0.05, 0.1) is 17.0 Å². The largest absolute Gasteiger partial charge is 0.342 e. The van der Waals surface area contributed by atoms with E-state index in [0.29, 0.717) is 41.6 Å². The molecule has 2 N–H and O–H groups in total. The summed E-state index contributed by atoms with van der Waals surface area (Å²) in [5.41, 5.74) is 1.43. The summed E-state index contributed by atoms with van der Waals surface area (Å²) < 4.78 is 0. The van der Waals surface area contributed by atoms with E-state index in [1.165, 1.54) is 22.7 Å². The Balaban J connectivity index is 1.24. The summed E-state index contributed by atoms with van der Waals surface area (Å²) >= 11 is 2.67. The molecule has 0 saturated carbocycles. The van der Waals surface area contributed by atoms with E-state index < -0.39 is 0 Å². The topological polar surface area (TPSA) is 91.4 Å². The van der Waals surface area contributed by atoms with Gasteiger partial charge in [-0.3, -0.25) is 19.7 Å². The molecule has 160 valence electrons. The molecule has 4 rings (SSSR count). The van der Waals surface area contributed by atoms with Gasteiger partial charge in [0.25, 0.3) is 5.91 Å². The highest BCUT2D eigenvalue weighted by atomic mass is 32.1. The molecule has 3 aromatic rings. The molecule has 9 heteroatoms. The number of rotatable bonds is 6. The first-order valence-electron chi connectivity index (χ1n) is 10.0. The van der Waals surface area contributed by atoms with Crippen LogP contribution in [0, 0.1) is 5.92 Å². The minimum atomic E-state index is -0.196. The second-order valence-electron chi connectivity index (χ2n) is 7.26. The minimum absolute atomic E-state index is 0.00363. The molecule has 1 aliphatic heterocycles. The molecular formula is C22H22N4O3S2. The molecule has 3 amide bonds. The quantitative estimate of drug-likeness (QED) is 0.591. The molecule has 0 radical (unpaired) electrons. The highest BCUT2D eigenvalue weighted by molar-refractivity contribution is 7.14. The molecule has 31 heavy (non-hydrogen) atoms. The summed E-state index contributed by atoms with van der Waals surface area (Å²) in [6.45, 7) is 1.11. The van der Waals surface area contributed by atoms with Crippen molar-refractivity contribution in [1.82, 2.24) is 9.88 Å². The number of thiazole rings is 1. The number of nitrogens with zero attached hydrogens (tertiary/aromatic N) is 2. The standard InChI is InChI=1S/C22H22N4O3S2/c27-19(13-17-14-31-22(24-17)25-21(29)18-7-4-12-30-18)26-10-8-15(9-11-26)20(28)23-16-5-2-1-3-6-16/h1-7,12,14-15H,8-11,13H2,(H,23,28)(H,24,25,29). The van der Waals surface area contributed by atoms with Gasteiger partial charge in [0, 0.05) is 30.1 Å². The Morgan fingerprint density at radius 1 is 1.00 bits per heavy atom. The molecule has 2 aromatic heterocycles. The third-order valence-corrected chi connectivity index (χ3v) is 6.78. The van der Waals surface area contributed by atoms with Crippen LogP contribution in [0.3, 0.4) is 0 Å². The first-order chi connectivity index (χ1) is 15.1. The lowest BCUT2D eigenvalue weighted by Crippen LogP contribution is -2.42. The summed E-state index contributed by atoms with van der Waals surface area (Å²) in [5.74, 6) is -0.298. The van der Waals surface area contributed by atoms with Crippen molar-refractivity contribution in [3.63, 3.8) is 0 Å². The van der Waals surface area contributed by atoms with Gasteiger partial charge in [0.2, 0.25) is 11.8 Å². The van der Waals surface area contributed by atoms with Crippen molar-refractivity contribution in [1.29, 1.82) is 0 Å². The molecule has 0 bridgehead atoms. The van der Waals surface area contributed by atoms with Gasteiger partial charge in [-0.2, -0.15) is 0 Å². The Hall–Kier alpha value is -3.04. The number of carbonyl (C=O) groups excluding carboxylic acids is 3. The van der Waals surface area contributed by atoms with E-state index in [1.54, 1.807) is 16.3 Å². The van der Waals surface area contributed by atoms with E-state index in [0.717, 1.165) is 5.69 Å². The molecule has 1 aliphatic rings. The van der Waals surface area contributed by atoms with Crippen LogP contribution in [0.4, 0.5) is 10.8 Å². The molecule has 1 fully saturated rings. The molecule has 7 nitrogen and oxygen atoms in total. The van der Waals surface area contributed by atoms with Gasteiger partial charge in [-0.1, -0.05) is 24.3 Å². The highest BCUT2D eigenvalue weighted by Gasteiger charge is 2.27. The Morgan fingerprint density at radius 3 is 2.48 bits per heavy atom. The molecule has 0 spiro atoms. The lowest BCUT2D eigenvalue weighted by Gasteiger charge is -2.31. The number of hydrogen-bond acceptors (Lipinski definition) is 6. The van der Waals surface area contributed by atoms with Crippen LogP contribution in [0.25, 0.3) is 0 Å². The van der Waals surface area contributed by atoms with Crippen LogP contribution < -0.4 is 10.6 Å². The van der Waals surface area contributed by atoms with E-state index in [2.05, 4.69) is 15.6 Å². The lowest BCUT2D eigenvalue weighted by atomic mass is 9.95. The zero-order valence-corrected chi connectivity index (χ0v) is 18.4. The van der Waals surface area contributed by atoms with Crippen molar-refractivity contribution in [2.45, 2.75) is 19.3 Å². The third kappa shape index (κ3) is 5.56. The van der Waals surface area contributed by atoms with Crippen molar-refractivity contribution >= 4 is 51.2 Å². The number of hydrogen-bond donors (Lipinski definition) is 2. The Kier molecular flexibility index (Phi) is 6.73. The molecular weight excluding hydrogens is 432 g/mol. The fraction of sp³-hybridized carbons (Fsp3) is 0.273. The predicted octanol–water partition coefficient (Wildman–Crippen LogP) is 3.88. The van der Waals surface area contributed by atoms with E-state index in [9.17, 15) is 14.4 Å². The smallest absolute Gasteiger partial charge is 0.267 e. The number of carbonyl (C=O) groups is 3. The van der Waals surface area contributed by atoms with Crippen LogP contribution in [0.5, 0.6) is 0 Å². The van der Waals surface area contributed by atoms with Crippen LogP contribution in [0.1, 0.15) is 28.2 Å². The normalized spacial score (nSPS) is 14.3. The first-order valence-corrected chi connectivity index (χ1v) is 11.8. The average molecular weight is 455 g/mol. The second kappa shape index (κ2) is 9.84. The van der Waals surface area contributed by atoms with Gasteiger partial charge < -0.3 is 10.2 Å². The lowest BCUT2D eigenvalue weighted by molar-refractivity contribution is -0.133. The predicted molar refractivity (Wildman–Crippen MR) is 122 cm³/mol. The maximum atomic E-state index is 12.7. The number of para-hydroxylation sites is 1. The highest BCUT2D eigenvalue weighted by Crippen LogP contribution is 2.22. The summed E-state index contributed by atoms with van der Waals surface area (Å²) in [6, 6.07) is 13.0. The van der Waals surface area contributed by atoms with Crippen LogP contribution in [-0.4, -0.2) is 40.7 Å². The van der Waals surface area contributed by atoms with Gasteiger partial charge in [0.1, 0.15) is 0 Å². The van der Waals surface area contributed by atoms with Gasteiger partial charge in [-0.05, 0) is 36.4 Å². The number of anilines is 2. The Labute approximate surface area is 188 Å². The average Bonchev–Trinajstić information content (AvgIpc) is 3.47. The monoisotopic (exact) mass is 454 g/mol. The SMILES string of the molecule is O=C(Nc1nc(CC(=O)N2CCC(C(=O)Nc3ccccc3)CC2)cs1)c1cccs1. The number of likely N-dealkylation sites (tertiary alicyclic amines) is 1. The van der Waals surface area contributed by atoms with E-state index in [1.807, 2.05) is 41.8 Å². The molecule has 0 unspecified atom stereocenters. The Morgan fingerprint density at radius 2 is 1.77 bits per heavy atom. The van der Waals surface area contributed by atoms with Crippen LogP contribution in [0.15, 0.2) is 53.2 Å². The van der Waals surface area contributed by atoms with Crippen molar-refractivity contribution < 1.29 is 14.4 Å². The van der Waals surface area contributed by atoms with Gasteiger partial charge in [-0.25, -0.2) is 4.98 Å². The minimum Gasteiger partial charge on any atom is -0.342 e. The third-order valence-electron chi connectivity index (χ3n) is 5.11. The van der Waals surface area contributed by atoms with E-state index in [-0.39, 0.29) is 30.1 Å². The van der Waals surface area contributed by atoms with Crippen LogP contribution >= 0.6 is 22.7 Å². The zero-order valence-electron chi connectivity index (χ0n) is 16.7. The fourth-order valence-electron chi connectivity index (χ4n) is 3.44. The fourth-order valence-corrected chi connectivity index (χ4v) is 4.76. The molecule has 0 aliphatic carbocycles. The van der Waals surface area contributed by atoms with Crippen LogP contribution in [-0.2, 0) is 16.0 Å². The maximum absolute atomic E-state index is 12.7. The van der Waals surface area contributed by atoms with Gasteiger partial charge in [0.15, 0.2) is 5.13 Å². The van der Waals surface area contributed by atoms with Crippen molar-refractivity contribution in [2.75, 3.05) is 23.7 Å². The summed E-state index contributed by atoms with van der Waals surface area (Å²) in [6.07, 6.45) is 1.47. The maximum Gasteiger partial charge on any atom is 0.267 e. The number of nitrogens with one attached hydrogen (secondary N) is 2. The second-order valence-corrected chi connectivity index (χ2v) is 9.07. The molecule has 1 aromatic carbocycles. The zero-order chi connectivity index (χ0) is 21.6. The molecule has 0 atom stereocenters. The number of amides is 3. The van der Waals surface area contributed by atoms with Crippen molar-refractivity contribution in [2.24, 2.45) is 5.92 Å². The number of benzene rings is 1. The number of thiophene rings is 1. The van der Waals surface area contributed by atoms with Crippen molar-refractivity contribution in [3.8, 4) is 0 Å². The molecule has 3 heterocycles. The summed E-state index contributed by atoms with van der Waals surface area (Å²) in [5, 5.41) is 9.82. The van der Waals surface area contributed by atoms with Gasteiger partial charge >= 0.3 is 0 Å². The van der Waals surface area contributed by atoms with Crippen LogP contribution in [0.2, 0.25) is 0 Å².